The smallest absolute Gasteiger partial charge is 0.297 e. The van der Waals surface area contributed by atoms with Crippen molar-refractivity contribution < 1.29 is 18.6 Å². The second-order valence-electron chi connectivity index (χ2n) is 3.42. The standard InChI is InChI=1S/C11H9BrF2N2O2/c12-6-1-2-8-7(5-6)11(18-4-3-17)16-10(15-8)9(13)14/h1-2,5,9,17H,3-4H2. The molecule has 96 valence electrons. The van der Waals surface area contributed by atoms with E-state index in [1.807, 2.05) is 0 Å². The summed E-state index contributed by atoms with van der Waals surface area (Å²) in [7, 11) is 0. The molecular formula is C11H9BrF2N2O2. The number of alkyl halides is 2. The molecule has 18 heavy (non-hydrogen) atoms. The Morgan fingerprint density at radius 1 is 1.33 bits per heavy atom. The molecule has 0 aliphatic carbocycles. The molecule has 0 amide bonds. The molecule has 1 N–H and O–H groups in total. The number of benzene rings is 1. The molecule has 1 aromatic heterocycles. The van der Waals surface area contributed by atoms with Crippen LogP contribution in [0.2, 0.25) is 0 Å². The van der Waals surface area contributed by atoms with Crippen LogP contribution in [0.4, 0.5) is 8.78 Å². The van der Waals surface area contributed by atoms with Crippen LogP contribution in [0, 0.1) is 0 Å². The second kappa shape index (κ2) is 5.53. The van der Waals surface area contributed by atoms with Crippen molar-refractivity contribution in [2.45, 2.75) is 6.43 Å². The van der Waals surface area contributed by atoms with E-state index in [9.17, 15) is 8.78 Å². The van der Waals surface area contributed by atoms with Gasteiger partial charge in [-0.3, -0.25) is 0 Å². The van der Waals surface area contributed by atoms with Gasteiger partial charge in [0.15, 0.2) is 5.82 Å². The van der Waals surface area contributed by atoms with Crippen LogP contribution in [0.25, 0.3) is 10.9 Å². The van der Waals surface area contributed by atoms with Gasteiger partial charge in [-0.25, -0.2) is 13.8 Å². The van der Waals surface area contributed by atoms with E-state index >= 15 is 0 Å². The Kier molecular flexibility index (Phi) is 4.03. The van der Waals surface area contributed by atoms with E-state index in [4.69, 9.17) is 9.84 Å². The summed E-state index contributed by atoms with van der Waals surface area (Å²) in [5.41, 5.74) is 0.372. The van der Waals surface area contributed by atoms with Crippen molar-refractivity contribution in [1.29, 1.82) is 0 Å². The molecule has 0 unspecified atom stereocenters. The number of halogens is 3. The van der Waals surface area contributed by atoms with Gasteiger partial charge < -0.3 is 9.84 Å². The predicted octanol–water partition coefficient (Wildman–Crippen LogP) is 2.70. The van der Waals surface area contributed by atoms with E-state index < -0.39 is 12.2 Å². The lowest BCUT2D eigenvalue weighted by molar-refractivity contribution is 0.138. The summed E-state index contributed by atoms with van der Waals surface area (Å²) in [5, 5.41) is 9.22. The van der Waals surface area contributed by atoms with Crippen molar-refractivity contribution >= 4 is 26.8 Å². The van der Waals surface area contributed by atoms with Gasteiger partial charge in [-0.15, -0.1) is 0 Å². The molecule has 0 saturated heterocycles. The van der Waals surface area contributed by atoms with Crippen molar-refractivity contribution in [1.82, 2.24) is 9.97 Å². The van der Waals surface area contributed by atoms with Gasteiger partial charge in [-0.1, -0.05) is 15.9 Å². The number of aromatic nitrogens is 2. The Morgan fingerprint density at radius 3 is 2.78 bits per heavy atom. The Morgan fingerprint density at radius 2 is 2.11 bits per heavy atom. The lowest BCUT2D eigenvalue weighted by atomic mass is 10.2. The zero-order chi connectivity index (χ0) is 13.1. The van der Waals surface area contributed by atoms with E-state index in [1.54, 1.807) is 18.2 Å². The predicted molar refractivity (Wildman–Crippen MR) is 64.8 cm³/mol. The van der Waals surface area contributed by atoms with E-state index in [2.05, 4.69) is 25.9 Å². The maximum atomic E-state index is 12.6. The van der Waals surface area contributed by atoms with Gasteiger partial charge in [-0.2, -0.15) is 4.98 Å². The fraction of sp³-hybridized carbons (Fsp3) is 0.273. The fourth-order valence-corrected chi connectivity index (χ4v) is 1.80. The van der Waals surface area contributed by atoms with Gasteiger partial charge in [0.05, 0.1) is 17.5 Å². The van der Waals surface area contributed by atoms with Gasteiger partial charge in [0, 0.05) is 4.47 Å². The van der Waals surface area contributed by atoms with Crippen LogP contribution < -0.4 is 4.74 Å². The molecule has 0 atom stereocenters. The lowest BCUT2D eigenvalue weighted by Crippen LogP contribution is -2.06. The number of ether oxygens (including phenoxy) is 1. The highest BCUT2D eigenvalue weighted by Gasteiger charge is 2.16. The molecule has 0 spiro atoms. The fourth-order valence-electron chi connectivity index (χ4n) is 1.44. The molecule has 1 heterocycles. The Hall–Kier alpha value is -1.34. The molecular weight excluding hydrogens is 310 g/mol. The molecule has 0 radical (unpaired) electrons. The Labute approximate surface area is 110 Å². The number of aliphatic hydroxyl groups is 1. The van der Waals surface area contributed by atoms with Gasteiger partial charge in [0.25, 0.3) is 6.43 Å². The molecule has 1 aromatic carbocycles. The monoisotopic (exact) mass is 318 g/mol. The van der Waals surface area contributed by atoms with Crippen molar-refractivity contribution in [3.63, 3.8) is 0 Å². The maximum Gasteiger partial charge on any atom is 0.297 e. The molecule has 2 rings (SSSR count). The van der Waals surface area contributed by atoms with Crippen LogP contribution in [-0.2, 0) is 0 Å². The highest BCUT2D eigenvalue weighted by molar-refractivity contribution is 9.10. The first-order valence-corrected chi connectivity index (χ1v) is 5.90. The molecule has 0 saturated carbocycles. The second-order valence-corrected chi connectivity index (χ2v) is 4.34. The molecule has 7 heteroatoms. The topological polar surface area (TPSA) is 55.2 Å². The first-order valence-electron chi connectivity index (χ1n) is 5.11. The molecule has 0 aliphatic heterocycles. The molecule has 0 aliphatic rings. The minimum Gasteiger partial charge on any atom is -0.475 e. The molecule has 4 nitrogen and oxygen atoms in total. The Bertz CT molecular complexity index is 566. The van der Waals surface area contributed by atoms with Crippen LogP contribution in [-0.4, -0.2) is 28.3 Å². The number of rotatable bonds is 4. The molecule has 0 fully saturated rings. The van der Waals surface area contributed by atoms with Crippen LogP contribution >= 0.6 is 15.9 Å². The summed E-state index contributed by atoms with van der Waals surface area (Å²) < 4.78 is 31.2. The molecule has 0 bridgehead atoms. The van der Waals surface area contributed by atoms with Crippen LogP contribution in [0.3, 0.4) is 0 Å². The summed E-state index contributed by atoms with van der Waals surface area (Å²) in [6.07, 6.45) is -2.77. The van der Waals surface area contributed by atoms with E-state index in [0.717, 1.165) is 4.47 Å². The average Bonchev–Trinajstić information content (AvgIpc) is 2.35. The van der Waals surface area contributed by atoms with Gasteiger partial charge in [0.1, 0.15) is 6.61 Å². The normalized spacial score (nSPS) is 11.2. The number of hydrogen-bond donors (Lipinski definition) is 1. The minimum absolute atomic E-state index is 0.0126. The Balaban J connectivity index is 2.57. The van der Waals surface area contributed by atoms with E-state index in [1.165, 1.54) is 0 Å². The third kappa shape index (κ3) is 2.73. The van der Waals surface area contributed by atoms with Gasteiger partial charge in [-0.05, 0) is 18.2 Å². The summed E-state index contributed by atoms with van der Waals surface area (Å²) in [5.74, 6) is -0.539. The van der Waals surface area contributed by atoms with Crippen molar-refractivity contribution in [3.05, 3.63) is 28.5 Å². The van der Waals surface area contributed by atoms with E-state index in [-0.39, 0.29) is 19.1 Å². The third-order valence-corrected chi connectivity index (χ3v) is 2.66. The van der Waals surface area contributed by atoms with Crippen LogP contribution in [0.5, 0.6) is 5.88 Å². The van der Waals surface area contributed by atoms with Crippen LogP contribution in [0.1, 0.15) is 12.2 Å². The van der Waals surface area contributed by atoms with Crippen molar-refractivity contribution in [2.24, 2.45) is 0 Å². The average molecular weight is 319 g/mol. The summed E-state index contributed by atoms with van der Waals surface area (Å²) in [4.78, 5) is 7.42. The number of hydrogen-bond acceptors (Lipinski definition) is 4. The summed E-state index contributed by atoms with van der Waals surface area (Å²) in [6.45, 7) is -0.231. The van der Waals surface area contributed by atoms with Gasteiger partial charge in [0.2, 0.25) is 5.88 Å². The SMILES string of the molecule is OCCOc1nc(C(F)F)nc2ccc(Br)cc12. The van der Waals surface area contributed by atoms with Crippen molar-refractivity contribution in [3.8, 4) is 5.88 Å². The van der Waals surface area contributed by atoms with Gasteiger partial charge >= 0.3 is 0 Å². The molecule has 2 aromatic rings. The largest absolute Gasteiger partial charge is 0.475 e. The summed E-state index contributed by atoms with van der Waals surface area (Å²) >= 11 is 3.27. The summed E-state index contributed by atoms with van der Waals surface area (Å²) in [6, 6.07) is 4.97. The van der Waals surface area contributed by atoms with Crippen LogP contribution in [0.15, 0.2) is 22.7 Å². The maximum absolute atomic E-state index is 12.6. The van der Waals surface area contributed by atoms with Crippen molar-refractivity contribution in [2.75, 3.05) is 13.2 Å². The highest BCUT2D eigenvalue weighted by atomic mass is 79.9. The lowest BCUT2D eigenvalue weighted by Gasteiger charge is -2.09. The first-order chi connectivity index (χ1) is 8.61. The minimum atomic E-state index is -2.77. The number of aliphatic hydroxyl groups excluding tert-OH is 1. The zero-order valence-corrected chi connectivity index (χ0v) is 10.7. The first kappa shape index (κ1) is 13.1. The highest BCUT2D eigenvalue weighted by Crippen LogP contribution is 2.28. The number of fused-ring (bicyclic) bond motifs is 1. The zero-order valence-electron chi connectivity index (χ0n) is 9.11. The quantitative estimate of drug-likeness (QED) is 0.941. The number of nitrogens with zero attached hydrogens (tertiary/aromatic N) is 2. The third-order valence-electron chi connectivity index (χ3n) is 2.17. The van der Waals surface area contributed by atoms with E-state index in [0.29, 0.717) is 10.9 Å².